The van der Waals surface area contributed by atoms with Crippen molar-refractivity contribution in [3.8, 4) is 11.3 Å². The number of rotatable bonds is 4. The lowest BCUT2D eigenvalue weighted by molar-refractivity contribution is -0.384. The number of hydrogen-bond acceptors (Lipinski definition) is 6. The molecule has 0 saturated carbocycles. The van der Waals surface area contributed by atoms with E-state index in [1.807, 2.05) is 0 Å². The Kier molecular flexibility index (Phi) is 5.20. The fourth-order valence-electron chi connectivity index (χ4n) is 2.58. The van der Waals surface area contributed by atoms with Crippen LogP contribution in [0, 0.1) is 10.1 Å². The molecule has 0 unspecified atom stereocenters. The summed E-state index contributed by atoms with van der Waals surface area (Å²) < 4.78 is 5.75. The Morgan fingerprint density at radius 3 is 2.48 bits per heavy atom. The van der Waals surface area contributed by atoms with Crippen LogP contribution in [-0.4, -0.2) is 16.0 Å². The number of amidine groups is 1. The lowest BCUT2D eigenvalue weighted by atomic mass is 10.1. The molecule has 1 fully saturated rings. The Balaban J connectivity index is 1.52. The van der Waals surface area contributed by atoms with E-state index >= 15 is 0 Å². The maximum atomic E-state index is 12.2. The Hall–Kier alpha value is -3.36. The first kappa shape index (κ1) is 19.0. The van der Waals surface area contributed by atoms with Crippen molar-refractivity contribution in [3.63, 3.8) is 0 Å². The number of halogens is 1. The fourth-order valence-corrected chi connectivity index (χ4v) is 3.52. The van der Waals surface area contributed by atoms with Crippen molar-refractivity contribution in [1.29, 1.82) is 0 Å². The number of amides is 1. The topological polar surface area (TPSA) is 97.7 Å². The minimum absolute atomic E-state index is 0.00850. The van der Waals surface area contributed by atoms with Crippen LogP contribution < -0.4 is 5.32 Å². The van der Waals surface area contributed by atoms with Crippen molar-refractivity contribution in [2.75, 3.05) is 0 Å². The number of non-ortho nitro benzene ring substituents is 1. The van der Waals surface area contributed by atoms with Gasteiger partial charge in [-0.25, -0.2) is 4.99 Å². The van der Waals surface area contributed by atoms with Crippen LogP contribution in [0.15, 0.2) is 75.0 Å². The molecular weight excluding hydrogens is 414 g/mol. The number of furan rings is 1. The number of aliphatic imine (C=N–C) groups is 1. The molecule has 0 radical (unpaired) electrons. The zero-order valence-corrected chi connectivity index (χ0v) is 16.2. The maximum absolute atomic E-state index is 12.2. The highest BCUT2D eigenvalue weighted by molar-refractivity contribution is 8.18. The molecule has 0 spiro atoms. The summed E-state index contributed by atoms with van der Waals surface area (Å²) in [6.45, 7) is 0. The standard InChI is InChI=1S/C20H12ClN3O4S/c21-13-3-5-14(6-4-13)22-20-23-19(25)18(29-20)11-16-9-10-17(28-16)12-1-7-15(8-2-12)24(26)27/h1-11H,(H,22,23,25). The number of hydrogen-bond donors (Lipinski definition) is 1. The third-order valence-corrected chi connectivity index (χ3v) is 5.13. The second kappa shape index (κ2) is 7.94. The van der Waals surface area contributed by atoms with Gasteiger partial charge in [-0.3, -0.25) is 14.9 Å². The Bertz CT molecular complexity index is 1150. The van der Waals surface area contributed by atoms with Crippen LogP contribution in [0.25, 0.3) is 17.4 Å². The third kappa shape index (κ3) is 4.39. The fraction of sp³-hybridized carbons (Fsp3) is 0. The van der Waals surface area contributed by atoms with Gasteiger partial charge < -0.3 is 9.73 Å². The van der Waals surface area contributed by atoms with Crippen molar-refractivity contribution in [1.82, 2.24) is 5.32 Å². The van der Waals surface area contributed by atoms with Crippen LogP contribution in [0.1, 0.15) is 5.76 Å². The molecule has 29 heavy (non-hydrogen) atoms. The van der Waals surface area contributed by atoms with Gasteiger partial charge in [0.25, 0.3) is 11.6 Å². The minimum atomic E-state index is -0.457. The molecule has 9 heteroatoms. The van der Waals surface area contributed by atoms with Gasteiger partial charge in [0, 0.05) is 28.8 Å². The molecule has 0 bridgehead atoms. The van der Waals surface area contributed by atoms with Gasteiger partial charge in [0.2, 0.25) is 0 Å². The van der Waals surface area contributed by atoms with E-state index in [9.17, 15) is 14.9 Å². The molecular formula is C20H12ClN3O4S. The summed E-state index contributed by atoms with van der Waals surface area (Å²) in [5, 5.41) is 14.5. The highest BCUT2D eigenvalue weighted by Gasteiger charge is 2.24. The molecule has 0 atom stereocenters. The van der Waals surface area contributed by atoms with Gasteiger partial charge in [-0.05, 0) is 60.3 Å². The smallest absolute Gasteiger partial charge is 0.269 e. The first-order valence-electron chi connectivity index (χ1n) is 8.38. The molecule has 3 aromatic rings. The normalized spacial score (nSPS) is 16.4. The van der Waals surface area contributed by atoms with Crippen LogP contribution >= 0.6 is 23.4 Å². The first-order chi connectivity index (χ1) is 14.0. The van der Waals surface area contributed by atoms with Crippen LogP contribution in [0.5, 0.6) is 0 Å². The molecule has 1 aromatic heterocycles. The monoisotopic (exact) mass is 425 g/mol. The summed E-state index contributed by atoms with van der Waals surface area (Å²) in [5.41, 5.74) is 1.39. The number of carbonyl (C=O) groups excluding carboxylic acids is 1. The lowest BCUT2D eigenvalue weighted by Crippen LogP contribution is -2.19. The Morgan fingerprint density at radius 2 is 1.79 bits per heavy atom. The van der Waals surface area contributed by atoms with Crippen molar-refractivity contribution < 1.29 is 14.1 Å². The van der Waals surface area contributed by atoms with E-state index < -0.39 is 4.92 Å². The molecule has 1 N–H and O–H groups in total. The third-order valence-electron chi connectivity index (χ3n) is 3.97. The average Bonchev–Trinajstić information content (AvgIpc) is 3.31. The molecule has 4 rings (SSSR count). The quantitative estimate of drug-likeness (QED) is 0.343. The highest BCUT2D eigenvalue weighted by atomic mass is 35.5. The summed E-state index contributed by atoms with van der Waals surface area (Å²) in [5.74, 6) is 0.768. The molecule has 144 valence electrons. The van der Waals surface area contributed by atoms with Crippen molar-refractivity contribution >= 4 is 51.9 Å². The first-order valence-corrected chi connectivity index (χ1v) is 9.57. The molecule has 7 nitrogen and oxygen atoms in total. The van der Waals surface area contributed by atoms with E-state index in [1.165, 1.54) is 23.9 Å². The van der Waals surface area contributed by atoms with E-state index in [2.05, 4.69) is 10.3 Å². The highest BCUT2D eigenvalue weighted by Crippen LogP contribution is 2.30. The van der Waals surface area contributed by atoms with Gasteiger partial charge >= 0.3 is 0 Å². The summed E-state index contributed by atoms with van der Waals surface area (Å²) in [4.78, 5) is 27.3. The van der Waals surface area contributed by atoms with Gasteiger partial charge in [-0.1, -0.05) is 11.6 Å². The SMILES string of the molecule is O=C1NC(=Nc2ccc(Cl)cc2)SC1=Cc1ccc(-c2ccc([N+](=O)[O-])cc2)o1. The van der Waals surface area contributed by atoms with Crippen molar-refractivity contribution in [3.05, 3.63) is 86.5 Å². The number of benzene rings is 2. The van der Waals surface area contributed by atoms with Gasteiger partial charge in [0.05, 0.1) is 15.5 Å². The van der Waals surface area contributed by atoms with E-state index in [0.717, 1.165) is 0 Å². The van der Waals surface area contributed by atoms with E-state index in [0.29, 0.717) is 37.9 Å². The number of carbonyl (C=O) groups is 1. The van der Waals surface area contributed by atoms with Crippen molar-refractivity contribution in [2.45, 2.75) is 0 Å². The second-order valence-electron chi connectivity index (χ2n) is 5.96. The Labute approximate surface area is 174 Å². The zero-order valence-electron chi connectivity index (χ0n) is 14.7. The predicted molar refractivity (Wildman–Crippen MR) is 113 cm³/mol. The number of thioether (sulfide) groups is 1. The minimum Gasteiger partial charge on any atom is -0.457 e. The van der Waals surface area contributed by atoms with Crippen LogP contribution in [0.2, 0.25) is 5.02 Å². The molecule has 1 aliphatic rings. The number of nitro benzene ring substituents is 1. The summed E-state index contributed by atoms with van der Waals surface area (Å²) in [7, 11) is 0. The van der Waals surface area contributed by atoms with Gasteiger partial charge in [-0.2, -0.15) is 0 Å². The molecule has 0 aliphatic carbocycles. The van der Waals surface area contributed by atoms with Crippen LogP contribution in [0.4, 0.5) is 11.4 Å². The second-order valence-corrected chi connectivity index (χ2v) is 7.43. The largest absolute Gasteiger partial charge is 0.457 e. The lowest BCUT2D eigenvalue weighted by Gasteiger charge is -1.96. The molecule has 1 aliphatic heterocycles. The van der Waals surface area contributed by atoms with E-state index in [-0.39, 0.29) is 11.6 Å². The van der Waals surface area contributed by atoms with Crippen LogP contribution in [0.3, 0.4) is 0 Å². The maximum Gasteiger partial charge on any atom is 0.269 e. The summed E-state index contributed by atoms with van der Waals surface area (Å²) in [6.07, 6.45) is 1.62. The summed E-state index contributed by atoms with van der Waals surface area (Å²) >= 11 is 7.07. The number of nitrogens with one attached hydrogen (secondary N) is 1. The zero-order chi connectivity index (χ0) is 20.4. The number of nitrogens with zero attached hydrogens (tertiary/aromatic N) is 2. The average molecular weight is 426 g/mol. The van der Waals surface area contributed by atoms with Gasteiger partial charge in [0.15, 0.2) is 5.17 Å². The van der Waals surface area contributed by atoms with Crippen LogP contribution in [-0.2, 0) is 4.79 Å². The Morgan fingerprint density at radius 1 is 1.07 bits per heavy atom. The van der Waals surface area contributed by atoms with E-state index in [4.69, 9.17) is 16.0 Å². The molecule has 1 saturated heterocycles. The predicted octanol–water partition coefficient (Wildman–Crippen LogP) is 5.40. The molecule has 2 heterocycles. The van der Waals surface area contributed by atoms with Gasteiger partial charge in [-0.15, -0.1) is 0 Å². The van der Waals surface area contributed by atoms with E-state index in [1.54, 1.807) is 54.6 Å². The molecule has 2 aromatic carbocycles. The molecule has 1 amide bonds. The summed E-state index contributed by atoms with van der Waals surface area (Å²) in [6, 6.07) is 16.5. The van der Waals surface area contributed by atoms with Gasteiger partial charge in [0.1, 0.15) is 11.5 Å². The number of nitro groups is 1. The van der Waals surface area contributed by atoms with Crippen molar-refractivity contribution in [2.24, 2.45) is 4.99 Å².